The van der Waals surface area contributed by atoms with Crippen LogP contribution in [0.1, 0.15) is 15.9 Å². The molecule has 88 valence electrons. The van der Waals surface area contributed by atoms with E-state index in [9.17, 15) is 4.79 Å². The minimum atomic E-state index is -0.0578. The van der Waals surface area contributed by atoms with Crippen molar-refractivity contribution in [2.24, 2.45) is 0 Å². The first-order valence-corrected chi connectivity index (χ1v) is 7.98. The van der Waals surface area contributed by atoms with Crippen molar-refractivity contribution >= 4 is 61.5 Å². The maximum atomic E-state index is 12.0. The van der Waals surface area contributed by atoms with Crippen LogP contribution < -0.4 is 5.32 Å². The van der Waals surface area contributed by atoms with Crippen LogP contribution in [0.3, 0.4) is 0 Å². The van der Waals surface area contributed by atoms with Gasteiger partial charge in [0.1, 0.15) is 0 Å². The summed E-state index contributed by atoms with van der Waals surface area (Å²) >= 11 is 7.19. The van der Waals surface area contributed by atoms with Crippen molar-refractivity contribution in [2.75, 3.05) is 5.32 Å². The predicted octanol–water partition coefficient (Wildman–Crippen LogP) is 4.50. The van der Waals surface area contributed by atoms with Crippen molar-refractivity contribution in [2.45, 2.75) is 5.33 Å². The molecule has 0 radical (unpaired) electrons. The highest BCUT2D eigenvalue weighted by molar-refractivity contribution is 14.1. The molecular weight excluding hydrogens is 413 g/mol. The van der Waals surface area contributed by atoms with Gasteiger partial charge >= 0.3 is 0 Å². The lowest BCUT2D eigenvalue weighted by atomic mass is 10.2. The van der Waals surface area contributed by atoms with E-state index in [-0.39, 0.29) is 5.91 Å². The number of hydrogen-bond donors (Lipinski definition) is 1. The maximum absolute atomic E-state index is 12.0. The van der Waals surface area contributed by atoms with Gasteiger partial charge in [-0.15, -0.1) is 11.3 Å². The fourth-order valence-corrected chi connectivity index (χ4v) is 3.20. The normalized spacial score (nSPS) is 10.2. The molecule has 1 aromatic carbocycles. The van der Waals surface area contributed by atoms with Crippen molar-refractivity contribution < 1.29 is 4.79 Å². The largest absolute Gasteiger partial charge is 0.322 e. The first-order chi connectivity index (χ1) is 8.20. The van der Waals surface area contributed by atoms with Crippen molar-refractivity contribution in [1.82, 2.24) is 0 Å². The Kier molecular flexibility index (Phi) is 4.58. The van der Waals surface area contributed by atoms with Gasteiger partial charge in [-0.1, -0.05) is 34.1 Å². The third-order valence-corrected chi connectivity index (χ3v) is 4.63. The van der Waals surface area contributed by atoms with Crippen molar-refractivity contribution in [3.05, 3.63) is 49.7 Å². The monoisotopic (exact) mass is 421 g/mol. The molecule has 0 atom stereocenters. The molecule has 1 amide bonds. The summed E-state index contributed by atoms with van der Waals surface area (Å²) in [5.41, 5.74) is 2.64. The second kappa shape index (κ2) is 5.97. The number of alkyl halides is 1. The van der Waals surface area contributed by atoms with Gasteiger partial charge in [-0.2, -0.15) is 0 Å². The highest BCUT2D eigenvalue weighted by Gasteiger charge is 2.09. The molecule has 1 aromatic heterocycles. The van der Waals surface area contributed by atoms with Crippen molar-refractivity contribution in [1.29, 1.82) is 0 Å². The lowest BCUT2D eigenvalue weighted by Crippen LogP contribution is -2.12. The van der Waals surface area contributed by atoms with Gasteiger partial charge in [0.05, 0.1) is 8.45 Å². The first kappa shape index (κ1) is 13.0. The van der Waals surface area contributed by atoms with Crippen LogP contribution in [-0.4, -0.2) is 5.91 Å². The number of thiophene rings is 1. The Labute approximate surface area is 126 Å². The van der Waals surface area contributed by atoms with E-state index in [1.807, 2.05) is 35.7 Å². The molecule has 0 aliphatic rings. The van der Waals surface area contributed by atoms with E-state index in [1.165, 1.54) is 0 Å². The third-order valence-electron chi connectivity index (χ3n) is 2.24. The van der Waals surface area contributed by atoms with Gasteiger partial charge in [0.2, 0.25) is 0 Å². The standard InChI is InChI=1S/C12H9BrINOS/c13-6-8-3-1-2-4-10(8)15-12(16)9-5-11(14)17-7-9/h1-5,7H,6H2,(H,15,16). The topological polar surface area (TPSA) is 29.1 Å². The van der Waals surface area contributed by atoms with Crippen LogP contribution in [0.25, 0.3) is 0 Å². The summed E-state index contributed by atoms with van der Waals surface area (Å²) in [4.78, 5) is 12.0. The summed E-state index contributed by atoms with van der Waals surface area (Å²) < 4.78 is 1.11. The highest BCUT2D eigenvalue weighted by Crippen LogP contribution is 2.21. The highest BCUT2D eigenvalue weighted by atomic mass is 127. The van der Waals surface area contributed by atoms with Crippen LogP contribution in [0.2, 0.25) is 0 Å². The van der Waals surface area contributed by atoms with Crippen molar-refractivity contribution in [3.8, 4) is 0 Å². The van der Waals surface area contributed by atoms with E-state index >= 15 is 0 Å². The van der Waals surface area contributed by atoms with Gasteiger partial charge < -0.3 is 5.32 Å². The quantitative estimate of drug-likeness (QED) is 0.573. The van der Waals surface area contributed by atoms with E-state index in [0.717, 1.165) is 19.5 Å². The molecule has 0 aliphatic heterocycles. The molecule has 0 aliphatic carbocycles. The lowest BCUT2D eigenvalue weighted by molar-refractivity contribution is 0.102. The average Bonchev–Trinajstić information content (AvgIpc) is 2.77. The van der Waals surface area contributed by atoms with E-state index in [2.05, 4.69) is 43.8 Å². The van der Waals surface area contributed by atoms with Crippen molar-refractivity contribution in [3.63, 3.8) is 0 Å². The number of hydrogen-bond acceptors (Lipinski definition) is 2. The zero-order valence-electron chi connectivity index (χ0n) is 8.74. The number of nitrogens with one attached hydrogen (secondary N) is 1. The Hall–Kier alpha value is -0.400. The molecule has 0 saturated carbocycles. The van der Waals surface area contributed by atoms with Gasteiger partial charge in [-0.3, -0.25) is 4.79 Å². The van der Waals surface area contributed by atoms with Crippen LogP contribution in [0.5, 0.6) is 0 Å². The summed E-state index contributed by atoms with van der Waals surface area (Å²) in [7, 11) is 0. The molecule has 0 unspecified atom stereocenters. The number of anilines is 1. The van der Waals surface area contributed by atoms with Gasteiger partial charge in [0.25, 0.3) is 5.91 Å². The van der Waals surface area contributed by atoms with Gasteiger partial charge in [0, 0.05) is 16.4 Å². The lowest BCUT2D eigenvalue weighted by Gasteiger charge is -2.07. The number of amides is 1. The number of para-hydroxylation sites is 1. The zero-order valence-corrected chi connectivity index (χ0v) is 13.3. The molecule has 2 nitrogen and oxygen atoms in total. The fraction of sp³-hybridized carbons (Fsp3) is 0.0833. The van der Waals surface area contributed by atoms with Crippen LogP contribution in [0.4, 0.5) is 5.69 Å². The first-order valence-electron chi connectivity index (χ1n) is 4.90. The molecule has 0 fully saturated rings. The van der Waals surface area contributed by atoms with E-state index in [1.54, 1.807) is 11.3 Å². The summed E-state index contributed by atoms with van der Waals surface area (Å²) in [6, 6.07) is 9.66. The predicted molar refractivity (Wildman–Crippen MR) is 84.1 cm³/mol. The number of benzene rings is 1. The van der Waals surface area contributed by atoms with Gasteiger partial charge in [0.15, 0.2) is 0 Å². The van der Waals surface area contributed by atoms with E-state index in [0.29, 0.717) is 5.56 Å². The zero-order chi connectivity index (χ0) is 12.3. The molecule has 1 heterocycles. The van der Waals surface area contributed by atoms with Crippen LogP contribution >= 0.6 is 49.9 Å². The summed E-state index contributed by atoms with van der Waals surface area (Å²) in [6.45, 7) is 0. The summed E-state index contributed by atoms with van der Waals surface area (Å²) in [5, 5.41) is 5.52. The number of halogens is 2. The Bertz CT molecular complexity index is 541. The van der Waals surface area contributed by atoms with Crippen LogP contribution in [0, 0.1) is 2.88 Å². The van der Waals surface area contributed by atoms with E-state index < -0.39 is 0 Å². The molecule has 2 rings (SSSR count). The minimum Gasteiger partial charge on any atom is -0.322 e. The Morgan fingerprint density at radius 3 is 2.82 bits per heavy atom. The molecule has 0 spiro atoms. The summed E-state index contributed by atoms with van der Waals surface area (Å²) in [5.74, 6) is -0.0578. The molecule has 0 saturated heterocycles. The maximum Gasteiger partial charge on any atom is 0.256 e. The van der Waals surface area contributed by atoms with Gasteiger partial charge in [-0.25, -0.2) is 0 Å². The number of carbonyl (C=O) groups excluding carboxylic acids is 1. The average molecular weight is 422 g/mol. The molecule has 1 N–H and O–H groups in total. The Balaban J connectivity index is 2.18. The number of carbonyl (C=O) groups is 1. The third kappa shape index (κ3) is 3.29. The number of rotatable bonds is 3. The van der Waals surface area contributed by atoms with Crippen LogP contribution in [0.15, 0.2) is 35.7 Å². The van der Waals surface area contributed by atoms with Gasteiger partial charge in [-0.05, 0) is 40.3 Å². The second-order valence-corrected chi connectivity index (χ2v) is 6.75. The Morgan fingerprint density at radius 2 is 2.18 bits per heavy atom. The molecule has 2 aromatic rings. The fourth-order valence-electron chi connectivity index (χ4n) is 1.38. The molecule has 5 heteroatoms. The smallest absolute Gasteiger partial charge is 0.256 e. The second-order valence-electron chi connectivity index (χ2n) is 3.38. The Morgan fingerprint density at radius 1 is 1.41 bits per heavy atom. The minimum absolute atomic E-state index is 0.0578. The van der Waals surface area contributed by atoms with E-state index in [4.69, 9.17) is 0 Å². The molecular formula is C12H9BrINOS. The van der Waals surface area contributed by atoms with Crippen LogP contribution in [-0.2, 0) is 5.33 Å². The molecule has 17 heavy (non-hydrogen) atoms. The summed E-state index contributed by atoms with van der Waals surface area (Å²) in [6.07, 6.45) is 0. The SMILES string of the molecule is O=C(Nc1ccccc1CBr)c1csc(I)c1. The molecule has 0 bridgehead atoms.